The first-order valence-corrected chi connectivity index (χ1v) is 8.90. The van der Waals surface area contributed by atoms with Gasteiger partial charge in [0.05, 0.1) is 0 Å². The van der Waals surface area contributed by atoms with Crippen molar-refractivity contribution >= 4 is 18.2 Å². The molecule has 0 amide bonds. The summed E-state index contributed by atoms with van der Waals surface area (Å²) in [5.41, 5.74) is 0.324. The number of hydrogen-bond acceptors (Lipinski definition) is 0. The van der Waals surface area contributed by atoms with Gasteiger partial charge in [-0.25, -0.2) is 0 Å². The Labute approximate surface area is 108 Å². The van der Waals surface area contributed by atoms with Gasteiger partial charge >= 0.3 is 107 Å². The van der Waals surface area contributed by atoms with E-state index in [0.717, 1.165) is 0 Å². The first-order valence-electron chi connectivity index (χ1n) is 5.54. The summed E-state index contributed by atoms with van der Waals surface area (Å²) >= 11 is -4.89. The average Bonchev–Trinajstić information content (AvgIpc) is 2.40. The maximum absolute atomic E-state index is 14.0. The van der Waals surface area contributed by atoms with Crippen LogP contribution in [-0.4, -0.2) is 13.8 Å². The van der Waals surface area contributed by atoms with E-state index in [4.69, 9.17) is 0 Å². The van der Waals surface area contributed by atoms with E-state index < -0.39 is 25.2 Å². The molecule has 18 heavy (non-hydrogen) atoms. The average molecular weight is 317 g/mol. The summed E-state index contributed by atoms with van der Waals surface area (Å²) in [5.74, 6) is 0. The molecule has 4 heteroatoms. The van der Waals surface area contributed by atoms with Crippen LogP contribution in [0.15, 0.2) is 60.7 Å². The Morgan fingerprint density at radius 1 is 0.833 bits per heavy atom. The molecule has 0 N–H and O–H groups in total. The zero-order chi connectivity index (χ0) is 13.0. The van der Waals surface area contributed by atoms with Crippen LogP contribution < -0.4 is 4.46 Å². The topological polar surface area (TPSA) is 0 Å². The van der Waals surface area contributed by atoms with Crippen LogP contribution in [-0.2, 0) is 0 Å². The van der Waals surface area contributed by atoms with Gasteiger partial charge in [-0.1, -0.05) is 0 Å². The Hall–Kier alpha value is -1.25. The van der Waals surface area contributed by atoms with Crippen molar-refractivity contribution in [1.29, 1.82) is 0 Å². The molecule has 0 fully saturated rings. The van der Waals surface area contributed by atoms with Crippen molar-refractivity contribution in [3.05, 3.63) is 66.2 Å². The molecular weight excluding hydrogens is 304 g/mol. The number of rotatable bonds is 4. The predicted molar refractivity (Wildman–Crippen MR) is 69.1 cm³/mol. The van der Waals surface area contributed by atoms with Gasteiger partial charge in [0.2, 0.25) is 0 Å². The van der Waals surface area contributed by atoms with Gasteiger partial charge in [0.1, 0.15) is 0 Å². The van der Waals surface area contributed by atoms with Gasteiger partial charge in [0.25, 0.3) is 0 Å². The molecule has 0 spiro atoms. The third kappa shape index (κ3) is 3.15. The monoisotopic (exact) mass is 318 g/mol. The summed E-state index contributed by atoms with van der Waals surface area (Å²) in [4.78, 5) is 0. The standard InChI is InChI=1S/C14H13F3Se/c15-14(12-7-3-1-4-8-12)11-18(16,17)13-9-5-2-6-10-13/h1-10,14H,11H2. The second-order valence-corrected chi connectivity index (χ2v) is 8.04. The summed E-state index contributed by atoms with van der Waals surface area (Å²) in [6, 6.07) is 15.7. The van der Waals surface area contributed by atoms with Gasteiger partial charge in [-0.05, 0) is 0 Å². The molecular formula is C14H13F3Se. The fourth-order valence-corrected chi connectivity index (χ4v) is 4.40. The van der Waals surface area contributed by atoms with Gasteiger partial charge in [-0.2, -0.15) is 0 Å². The maximum atomic E-state index is 14.0. The molecule has 2 aromatic carbocycles. The van der Waals surface area contributed by atoms with Gasteiger partial charge in [-0.15, -0.1) is 0 Å². The summed E-state index contributed by atoms with van der Waals surface area (Å²) < 4.78 is 41.9. The van der Waals surface area contributed by atoms with Crippen molar-refractivity contribution in [2.45, 2.75) is 11.5 Å². The first kappa shape index (κ1) is 13.2. The Bertz CT molecular complexity index is 485. The van der Waals surface area contributed by atoms with Crippen LogP contribution in [0.25, 0.3) is 0 Å². The van der Waals surface area contributed by atoms with E-state index in [1.54, 1.807) is 48.5 Å². The molecule has 0 heterocycles. The third-order valence-corrected chi connectivity index (χ3v) is 6.12. The van der Waals surface area contributed by atoms with Crippen molar-refractivity contribution < 1.29 is 11.5 Å². The molecule has 96 valence electrons. The number of alkyl halides is 1. The Balaban J connectivity index is 2.14. The third-order valence-electron chi connectivity index (χ3n) is 2.60. The van der Waals surface area contributed by atoms with Crippen molar-refractivity contribution in [2.24, 2.45) is 0 Å². The van der Waals surface area contributed by atoms with Crippen LogP contribution in [0, 0.1) is 0 Å². The summed E-state index contributed by atoms with van der Waals surface area (Å²) in [6.07, 6.45) is -1.60. The molecule has 0 radical (unpaired) electrons. The van der Waals surface area contributed by atoms with Crippen molar-refractivity contribution in [3.63, 3.8) is 0 Å². The SMILES string of the molecule is FC(C[Se](F)(F)c1ccccc1)c1ccccc1. The van der Waals surface area contributed by atoms with Crippen LogP contribution in [0.5, 0.6) is 0 Å². The van der Waals surface area contributed by atoms with Crippen LogP contribution in [0.2, 0.25) is 5.32 Å². The van der Waals surface area contributed by atoms with Crippen molar-refractivity contribution in [3.8, 4) is 0 Å². The molecule has 0 nitrogen and oxygen atoms in total. The van der Waals surface area contributed by atoms with E-state index in [1.165, 1.54) is 12.1 Å². The molecule has 1 unspecified atom stereocenters. The van der Waals surface area contributed by atoms with E-state index in [0.29, 0.717) is 5.56 Å². The van der Waals surface area contributed by atoms with Crippen LogP contribution >= 0.6 is 0 Å². The molecule has 0 aromatic heterocycles. The van der Waals surface area contributed by atoms with Gasteiger partial charge < -0.3 is 0 Å². The summed E-state index contributed by atoms with van der Waals surface area (Å²) in [7, 11) is 0. The van der Waals surface area contributed by atoms with E-state index >= 15 is 0 Å². The molecule has 2 rings (SSSR count). The molecule has 2 aromatic rings. The molecule has 0 saturated carbocycles. The van der Waals surface area contributed by atoms with E-state index in [1.807, 2.05) is 0 Å². The van der Waals surface area contributed by atoms with Crippen LogP contribution in [0.1, 0.15) is 11.7 Å². The van der Waals surface area contributed by atoms with Crippen LogP contribution in [0.3, 0.4) is 0 Å². The van der Waals surface area contributed by atoms with Gasteiger partial charge in [0.15, 0.2) is 0 Å². The predicted octanol–water partition coefficient (Wildman–Crippen LogP) is 3.99. The van der Waals surface area contributed by atoms with Gasteiger partial charge in [-0.3, -0.25) is 0 Å². The molecule has 0 aliphatic carbocycles. The number of benzene rings is 2. The molecule has 0 saturated heterocycles. The van der Waals surface area contributed by atoms with E-state index in [9.17, 15) is 11.5 Å². The molecule has 0 aliphatic heterocycles. The Morgan fingerprint density at radius 2 is 1.33 bits per heavy atom. The van der Waals surface area contributed by atoms with E-state index in [-0.39, 0.29) is 4.46 Å². The Kier molecular flexibility index (Phi) is 4.10. The quantitative estimate of drug-likeness (QED) is 0.748. The fraction of sp³-hybridized carbons (Fsp3) is 0.143. The van der Waals surface area contributed by atoms with E-state index in [2.05, 4.69) is 0 Å². The molecule has 0 aliphatic rings. The minimum absolute atomic E-state index is 0.00679. The second-order valence-electron chi connectivity index (χ2n) is 3.93. The summed E-state index contributed by atoms with van der Waals surface area (Å²) in [6.45, 7) is 0. The zero-order valence-corrected chi connectivity index (χ0v) is 11.3. The zero-order valence-electron chi connectivity index (χ0n) is 9.60. The minimum atomic E-state index is -4.89. The van der Waals surface area contributed by atoms with Crippen molar-refractivity contribution in [1.82, 2.24) is 0 Å². The fourth-order valence-electron chi connectivity index (χ4n) is 1.66. The van der Waals surface area contributed by atoms with Crippen LogP contribution in [0.4, 0.5) is 11.5 Å². The van der Waals surface area contributed by atoms with Crippen molar-refractivity contribution in [2.75, 3.05) is 0 Å². The molecule has 0 bridgehead atoms. The Morgan fingerprint density at radius 3 is 1.89 bits per heavy atom. The first-order chi connectivity index (χ1) is 8.59. The normalized spacial score (nSPS) is 14.2. The van der Waals surface area contributed by atoms with Gasteiger partial charge in [0, 0.05) is 0 Å². The second kappa shape index (κ2) is 5.59. The number of hydrogen-bond donors (Lipinski definition) is 0. The summed E-state index contributed by atoms with van der Waals surface area (Å²) in [5, 5.41) is -0.676. The number of halogens is 3. The molecule has 1 atom stereocenters.